The van der Waals surface area contributed by atoms with Crippen molar-refractivity contribution >= 4 is 5.96 Å². The van der Waals surface area contributed by atoms with Crippen molar-refractivity contribution in [2.45, 2.75) is 40.3 Å². The SMILES string of the molecule is CCCNC(N)=NCc1c(C)nn(CCOC)c1C. The highest BCUT2D eigenvalue weighted by atomic mass is 16.5. The number of ether oxygens (including phenoxy) is 1. The average Bonchev–Trinajstić information content (AvgIpc) is 2.66. The summed E-state index contributed by atoms with van der Waals surface area (Å²) in [4.78, 5) is 4.35. The molecule has 0 amide bonds. The van der Waals surface area contributed by atoms with E-state index in [1.165, 1.54) is 0 Å². The monoisotopic (exact) mass is 267 g/mol. The molecule has 0 unspecified atom stereocenters. The van der Waals surface area contributed by atoms with Crippen LogP contribution >= 0.6 is 0 Å². The highest BCUT2D eigenvalue weighted by Gasteiger charge is 2.10. The first-order chi connectivity index (χ1) is 9.10. The summed E-state index contributed by atoms with van der Waals surface area (Å²) in [6.45, 7) is 8.97. The van der Waals surface area contributed by atoms with Crippen LogP contribution in [-0.4, -0.2) is 36.0 Å². The van der Waals surface area contributed by atoms with Crippen LogP contribution in [0.1, 0.15) is 30.3 Å². The zero-order valence-corrected chi connectivity index (χ0v) is 12.4. The van der Waals surface area contributed by atoms with Crippen LogP contribution in [0.5, 0.6) is 0 Å². The average molecular weight is 267 g/mol. The number of guanidine groups is 1. The molecule has 0 aliphatic heterocycles. The zero-order chi connectivity index (χ0) is 14.3. The second kappa shape index (κ2) is 7.78. The lowest BCUT2D eigenvalue weighted by molar-refractivity contribution is 0.182. The van der Waals surface area contributed by atoms with Gasteiger partial charge in [0, 0.05) is 24.9 Å². The first-order valence-electron chi connectivity index (χ1n) is 6.65. The van der Waals surface area contributed by atoms with Crippen LogP contribution in [-0.2, 0) is 17.8 Å². The van der Waals surface area contributed by atoms with Gasteiger partial charge in [-0.1, -0.05) is 6.92 Å². The van der Waals surface area contributed by atoms with E-state index in [0.29, 0.717) is 19.1 Å². The molecule has 0 spiro atoms. The lowest BCUT2D eigenvalue weighted by Crippen LogP contribution is -2.32. The van der Waals surface area contributed by atoms with Gasteiger partial charge in [0.1, 0.15) is 0 Å². The highest BCUT2D eigenvalue weighted by Crippen LogP contribution is 2.14. The van der Waals surface area contributed by atoms with E-state index < -0.39 is 0 Å². The summed E-state index contributed by atoms with van der Waals surface area (Å²) < 4.78 is 7.03. The molecule has 0 bridgehead atoms. The van der Waals surface area contributed by atoms with Crippen LogP contribution in [0.25, 0.3) is 0 Å². The van der Waals surface area contributed by atoms with Crippen LogP contribution in [0, 0.1) is 13.8 Å². The quantitative estimate of drug-likeness (QED) is 0.570. The fourth-order valence-electron chi connectivity index (χ4n) is 1.83. The van der Waals surface area contributed by atoms with Gasteiger partial charge in [-0.05, 0) is 20.3 Å². The predicted octanol–water partition coefficient (Wildman–Crippen LogP) is 0.961. The van der Waals surface area contributed by atoms with E-state index in [1.54, 1.807) is 7.11 Å². The Labute approximate surface area is 115 Å². The number of aryl methyl sites for hydroxylation is 1. The second-order valence-electron chi connectivity index (χ2n) is 4.49. The van der Waals surface area contributed by atoms with Crippen molar-refractivity contribution in [3.05, 3.63) is 17.0 Å². The molecule has 1 heterocycles. The molecule has 108 valence electrons. The summed E-state index contributed by atoms with van der Waals surface area (Å²) in [6.07, 6.45) is 1.03. The van der Waals surface area contributed by atoms with Gasteiger partial charge in [0.15, 0.2) is 5.96 Å². The Morgan fingerprint density at radius 3 is 2.84 bits per heavy atom. The third-order valence-corrected chi connectivity index (χ3v) is 3.00. The molecule has 1 aromatic heterocycles. The molecule has 0 saturated carbocycles. The first-order valence-corrected chi connectivity index (χ1v) is 6.65. The number of nitrogens with zero attached hydrogens (tertiary/aromatic N) is 3. The topological polar surface area (TPSA) is 77.5 Å². The maximum Gasteiger partial charge on any atom is 0.188 e. The third kappa shape index (κ3) is 4.55. The molecule has 1 rings (SSSR count). The van der Waals surface area contributed by atoms with Gasteiger partial charge < -0.3 is 15.8 Å². The maximum atomic E-state index is 5.79. The van der Waals surface area contributed by atoms with Crippen LogP contribution in [0.3, 0.4) is 0 Å². The Bertz CT molecular complexity index is 425. The fourth-order valence-corrected chi connectivity index (χ4v) is 1.83. The summed E-state index contributed by atoms with van der Waals surface area (Å²) in [5.74, 6) is 0.491. The summed E-state index contributed by atoms with van der Waals surface area (Å²) in [7, 11) is 1.69. The molecule has 3 N–H and O–H groups in total. The molecular formula is C13H25N5O. The number of hydrogen-bond donors (Lipinski definition) is 2. The lowest BCUT2D eigenvalue weighted by Gasteiger charge is -2.05. The predicted molar refractivity (Wildman–Crippen MR) is 77.2 cm³/mol. The molecule has 6 nitrogen and oxygen atoms in total. The van der Waals surface area contributed by atoms with E-state index >= 15 is 0 Å². The summed E-state index contributed by atoms with van der Waals surface area (Å²) in [5, 5.41) is 7.56. The van der Waals surface area contributed by atoms with Crippen molar-refractivity contribution in [2.24, 2.45) is 10.7 Å². The number of rotatable bonds is 7. The molecule has 0 fully saturated rings. The minimum atomic E-state index is 0.491. The zero-order valence-electron chi connectivity index (χ0n) is 12.4. The maximum absolute atomic E-state index is 5.79. The largest absolute Gasteiger partial charge is 0.383 e. The van der Waals surface area contributed by atoms with E-state index in [4.69, 9.17) is 10.5 Å². The van der Waals surface area contributed by atoms with E-state index in [1.807, 2.05) is 11.6 Å². The van der Waals surface area contributed by atoms with Gasteiger partial charge in [0.2, 0.25) is 0 Å². The van der Waals surface area contributed by atoms with Gasteiger partial charge in [-0.2, -0.15) is 5.10 Å². The van der Waals surface area contributed by atoms with Gasteiger partial charge in [-0.3, -0.25) is 4.68 Å². The van der Waals surface area contributed by atoms with E-state index in [2.05, 4.69) is 29.3 Å². The van der Waals surface area contributed by atoms with Crippen molar-refractivity contribution in [3.8, 4) is 0 Å². The van der Waals surface area contributed by atoms with Gasteiger partial charge >= 0.3 is 0 Å². The molecule has 0 atom stereocenters. The Morgan fingerprint density at radius 1 is 1.47 bits per heavy atom. The Hall–Kier alpha value is -1.56. The van der Waals surface area contributed by atoms with Crippen LogP contribution in [0.4, 0.5) is 0 Å². The fraction of sp³-hybridized carbons (Fsp3) is 0.692. The van der Waals surface area contributed by atoms with Crippen LogP contribution in [0.2, 0.25) is 0 Å². The lowest BCUT2D eigenvalue weighted by atomic mass is 10.2. The Morgan fingerprint density at radius 2 is 2.21 bits per heavy atom. The molecule has 0 aliphatic rings. The smallest absolute Gasteiger partial charge is 0.188 e. The Kier molecular flexibility index (Phi) is 6.35. The second-order valence-corrected chi connectivity index (χ2v) is 4.49. The van der Waals surface area contributed by atoms with Crippen molar-refractivity contribution in [3.63, 3.8) is 0 Å². The molecule has 0 aliphatic carbocycles. The van der Waals surface area contributed by atoms with E-state index in [-0.39, 0.29) is 0 Å². The van der Waals surface area contributed by atoms with Gasteiger partial charge in [0.25, 0.3) is 0 Å². The van der Waals surface area contributed by atoms with Crippen LogP contribution < -0.4 is 11.1 Å². The van der Waals surface area contributed by atoms with Crippen molar-refractivity contribution in [1.29, 1.82) is 0 Å². The summed E-state index contributed by atoms with van der Waals surface area (Å²) >= 11 is 0. The molecule has 0 saturated heterocycles. The summed E-state index contributed by atoms with van der Waals surface area (Å²) in [5.41, 5.74) is 9.05. The number of hydrogen-bond acceptors (Lipinski definition) is 3. The van der Waals surface area contributed by atoms with Crippen LogP contribution in [0.15, 0.2) is 4.99 Å². The minimum absolute atomic E-state index is 0.491. The molecular weight excluding hydrogens is 242 g/mol. The highest BCUT2D eigenvalue weighted by molar-refractivity contribution is 5.77. The molecule has 0 radical (unpaired) electrons. The minimum Gasteiger partial charge on any atom is -0.383 e. The number of methoxy groups -OCH3 is 1. The Balaban J connectivity index is 2.70. The standard InChI is InChI=1S/C13H25N5O/c1-5-6-15-13(14)16-9-12-10(2)17-18(11(12)3)7-8-19-4/h5-9H2,1-4H3,(H3,14,15,16). The number of aromatic nitrogens is 2. The van der Waals surface area contributed by atoms with Crippen molar-refractivity contribution in [1.82, 2.24) is 15.1 Å². The van der Waals surface area contributed by atoms with E-state index in [9.17, 15) is 0 Å². The normalized spacial score (nSPS) is 11.9. The number of nitrogens with one attached hydrogen (secondary N) is 1. The van der Waals surface area contributed by atoms with E-state index in [0.717, 1.165) is 36.5 Å². The summed E-state index contributed by atoms with van der Waals surface area (Å²) in [6, 6.07) is 0. The van der Waals surface area contributed by atoms with Crippen molar-refractivity contribution < 1.29 is 4.74 Å². The van der Waals surface area contributed by atoms with Gasteiger partial charge in [-0.25, -0.2) is 4.99 Å². The molecule has 1 aromatic rings. The van der Waals surface area contributed by atoms with Crippen molar-refractivity contribution in [2.75, 3.05) is 20.3 Å². The third-order valence-electron chi connectivity index (χ3n) is 3.00. The molecule has 19 heavy (non-hydrogen) atoms. The van der Waals surface area contributed by atoms with Gasteiger partial charge in [0.05, 0.1) is 25.4 Å². The number of nitrogens with two attached hydrogens (primary N) is 1. The molecule has 0 aromatic carbocycles. The molecule has 6 heteroatoms. The first kappa shape index (κ1) is 15.5. The van der Waals surface area contributed by atoms with Gasteiger partial charge in [-0.15, -0.1) is 0 Å². The number of aliphatic imine (C=N–C) groups is 1.